The van der Waals surface area contributed by atoms with E-state index in [0.717, 1.165) is 31.5 Å². The van der Waals surface area contributed by atoms with E-state index in [1.807, 2.05) is 4.90 Å². The van der Waals surface area contributed by atoms with Crippen LogP contribution in [0, 0.1) is 35.5 Å². The van der Waals surface area contributed by atoms with E-state index in [0.29, 0.717) is 29.7 Å². The lowest BCUT2D eigenvalue weighted by Crippen LogP contribution is -2.71. The lowest BCUT2D eigenvalue weighted by molar-refractivity contribution is -0.169. The first-order chi connectivity index (χ1) is 16.1. The first-order valence-corrected chi connectivity index (χ1v) is 12.9. The topological polar surface area (TPSA) is 59.1 Å². The fourth-order valence-corrected chi connectivity index (χ4v) is 10.1. The maximum Gasteiger partial charge on any atom is 0.414 e. The molecular weight excluding hydrogens is 416 g/mol. The van der Waals surface area contributed by atoms with Gasteiger partial charge in [0.05, 0.1) is 31.9 Å². The lowest BCUT2D eigenvalue weighted by Gasteiger charge is -2.66. The standard InChI is InChI=1S/C27H34N2O4/c1-32-25(30)18-14-15-9-10-16(18)22-21(15)17-6-5-12-28-13-11-27(23(17)28)19-7-3-4-8-20(19)29(24(22)27)26(31)33-2/h3-4,7-8,15-18,21-24H,5-6,9-14H2,1-2H3. The highest BCUT2D eigenvalue weighted by Gasteiger charge is 2.73. The molecule has 33 heavy (non-hydrogen) atoms. The minimum absolute atomic E-state index is 0.0343. The highest BCUT2D eigenvalue weighted by atomic mass is 16.5. The van der Waals surface area contributed by atoms with Crippen LogP contribution in [-0.4, -0.2) is 56.4 Å². The summed E-state index contributed by atoms with van der Waals surface area (Å²) >= 11 is 0. The number of para-hydroxylation sites is 1. The smallest absolute Gasteiger partial charge is 0.414 e. The highest BCUT2D eigenvalue weighted by Crippen LogP contribution is 2.70. The first-order valence-electron chi connectivity index (χ1n) is 12.9. The van der Waals surface area contributed by atoms with Crippen molar-refractivity contribution in [3.8, 4) is 0 Å². The molecule has 6 nitrogen and oxygen atoms in total. The van der Waals surface area contributed by atoms with Crippen molar-refractivity contribution in [3.63, 3.8) is 0 Å². The Morgan fingerprint density at radius 1 is 0.970 bits per heavy atom. The Morgan fingerprint density at radius 3 is 2.64 bits per heavy atom. The Hall–Kier alpha value is -2.08. The quantitative estimate of drug-likeness (QED) is 0.609. The van der Waals surface area contributed by atoms with Gasteiger partial charge in [-0.05, 0) is 92.8 Å². The molecule has 3 aliphatic heterocycles. The van der Waals surface area contributed by atoms with Crippen molar-refractivity contribution in [2.75, 3.05) is 32.2 Å². The van der Waals surface area contributed by atoms with Crippen molar-refractivity contribution in [1.29, 1.82) is 0 Å². The molecule has 3 heterocycles. The number of benzene rings is 1. The zero-order valence-electron chi connectivity index (χ0n) is 19.6. The molecule has 1 amide bonds. The lowest BCUT2D eigenvalue weighted by atomic mass is 9.41. The Morgan fingerprint density at radius 2 is 1.82 bits per heavy atom. The SMILES string of the molecule is COC(=O)C1CC2CCC1C1C2C2CCCN3CCC4(c5ccccc5N(C(=O)OC)C14)C23. The Bertz CT molecular complexity index is 1010. The maximum atomic E-state index is 13.4. The van der Waals surface area contributed by atoms with Gasteiger partial charge in [-0.25, -0.2) is 4.79 Å². The van der Waals surface area contributed by atoms with Crippen LogP contribution in [0.4, 0.5) is 10.5 Å². The Balaban J connectivity index is 1.46. The fraction of sp³-hybridized carbons (Fsp3) is 0.704. The molecule has 9 atom stereocenters. The summed E-state index contributed by atoms with van der Waals surface area (Å²) in [5.74, 6) is 2.31. The summed E-state index contributed by atoms with van der Waals surface area (Å²) in [5, 5.41) is 0. The third kappa shape index (κ3) is 2.34. The number of esters is 1. The van der Waals surface area contributed by atoms with Crippen LogP contribution in [0.15, 0.2) is 24.3 Å². The molecule has 6 fully saturated rings. The maximum absolute atomic E-state index is 13.4. The molecule has 2 bridgehead atoms. The van der Waals surface area contributed by atoms with Gasteiger partial charge in [0.15, 0.2) is 0 Å². The van der Waals surface area contributed by atoms with Crippen LogP contribution in [0.3, 0.4) is 0 Å². The fourth-order valence-electron chi connectivity index (χ4n) is 10.1. The van der Waals surface area contributed by atoms with E-state index in [2.05, 4.69) is 29.2 Å². The number of fused-ring (bicyclic) bond motifs is 3. The summed E-state index contributed by atoms with van der Waals surface area (Å²) in [4.78, 5) is 31.1. The summed E-state index contributed by atoms with van der Waals surface area (Å²) in [6.07, 6.45) is 6.65. The second kappa shape index (κ2) is 6.97. The average Bonchev–Trinajstić information content (AvgIpc) is 3.41. The van der Waals surface area contributed by atoms with Gasteiger partial charge in [0.25, 0.3) is 0 Å². The van der Waals surface area contributed by atoms with Crippen molar-refractivity contribution >= 4 is 17.7 Å². The van der Waals surface area contributed by atoms with E-state index >= 15 is 0 Å². The molecular formula is C27H34N2O4. The van der Waals surface area contributed by atoms with Crippen LogP contribution in [0.1, 0.15) is 44.1 Å². The van der Waals surface area contributed by atoms with Crippen molar-refractivity contribution in [1.82, 2.24) is 4.90 Å². The van der Waals surface area contributed by atoms with Crippen LogP contribution in [0.25, 0.3) is 0 Å². The van der Waals surface area contributed by atoms with E-state index in [9.17, 15) is 9.59 Å². The number of anilines is 1. The molecule has 2 saturated heterocycles. The largest absolute Gasteiger partial charge is 0.469 e. The van der Waals surface area contributed by atoms with Crippen LogP contribution in [0.5, 0.6) is 0 Å². The highest BCUT2D eigenvalue weighted by molar-refractivity contribution is 5.93. The second-order valence-electron chi connectivity index (χ2n) is 11.4. The van der Waals surface area contributed by atoms with Crippen molar-refractivity contribution in [2.45, 2.75) is 56.0 Å². The number of methoxy groups -OCH3 is 2. The van der Waals surface area contributed by atoms with Crippen molar-refractivity contribution < 1.29 is 19.1 Å². The van der Waals surface area contributed by atoms with Gasteiger partial charge in [0, 0.05) is 11.5 Å². The minimum Gasteiger partial charge on any atom is -0.469 e. The summed E-state index contributed by atoms with van der Waals surface area (Å²) in [7, 11) is 3.04. The molecule has 4 saturated carbocycles. The molecule has 6 heteroatoms. The van der Waals surface area contributed by atoms with Crippen LogP contribution in [0.2, 0.25) is 0 Å². The minimum atomic E-state index is -0.244. The molecule has 7 aliphatic rings. The van der Waals surface area contributed by atoms with Crippen LogP contribution < -0.4 is 4.90 Å². The molecule has 0 aromatic heterocycles. The summed E-state index contributed by atoms with van der Waals surface area (Å²) in [6, 6.07) is 9.15. The monoisotopic (exact) mass is 450 g/mol. The van der Waals surface area contributed by atoms with Crippen molar-refractivity contribution in [2.24, 2.45) is 35.5 Å². The predicted octanol–water partition coefficient (Wildman–Crippen LogP) is 3.83. The van der Waals surface area contributed by atoms with Crippen LogP contribution in [-0.2, 0) is 19.7 Å². The van der Waals surface area contributed by atoms with Gasteiger partial charge in [-0.15, -0.1) is 0 Å². The molecule has 1 aromatic carbocycles. The number of carbonyl (C=O) groups excluding carboxylic acids is 2. The Kier molecular flexibility index (Phi) is 4.29. The Labute approximate surface area is 195 Å². The molecule has 4 aliphatic carbocycles. The molecule has 1 aromatic rings. The second-order valence-corrected chi connectivity index (χ2v) is 11.4. The van der Waals surface area contributed by atoms with Gasteiger partial charge in [0.2, 0.25) is 0 Å². The molecule has 0 radical (unpaired) electrons. The summed E-state index contributed by atoms with van der Waals surface area (Å²) < 4.78 is 10.7. The molecule has 176 valence electrons. The van der Waals surface area contributed by atoms with E-state index in [1.165, 1.54) is 45.6 Å². The number of hydrogen-bond acceptors (Lipinski definition) is 5. The molecule has 1 spiro atoms. The average molecular weight is 451 g/mol. The van der Waals surface area contributed by atoms with Gasteiger partial charge in [-0.1, -0.05) is 18.2 Å². The zero-order valence-corrected chi connectivity index (χ0v) is 19.6. The van der Waals surface area contributed by atoms with Gasteiger partial charge < -0.3 is 9.47 Å². The third-order valence-corrected chi connectivity index (χ3v) is 10.8. The first kappa shape index (κ1) is 20.3. The van der Waals surface area contributed by atoms with Crippen molar-refractivity contribution in [3.05, 3.63) is 29.8 Å². The number of nitrogens with zero attached hydrogens (tertiary/aromatic N) is 2. The number of amides is 1. The molecule has 9 unspecified atom stereocenters. The number of hydrogen-bond donors (Lipinski definition) is 0. The van der Waals surface area contributed by atoms with Gasteiger partial charge >= 0.3 is 12.1 Å². The zero-order chi connectivity index (χ0) is 22.5. The van der Waals surface area contributed by atoms with E-state index in [-0.39, 0.29) is 35.4 Å². The van der Waals surface area contributed by atoms with E-state index < -0.39 is 0 Å². The van der Waals surface area contributed by atoms with Gasteiger partial charge in [-0.3, -0.25) is 14.6 Å². The van der Waals surface area contributed by atoms with E-state index in [1.54, 1.807) is 0 Å². The van der Waals surface area contributed by atoms with Gasteiger partial charge in [0.1, 0.15) is 0 Å². The number of rotatable bonds is 1. The molecule has 8 rings (SSSR count). The normalized spacial score (nSPS) is 44.5. The summed E-state index contributed by atoms with van der Waals surface area (Å²) in [5.41, 5.74) is 2.32. The van der Waals surface area contributed by atoms with Gasteiger partial charge in [-0.2, -0.15) is 0 Å². The van der Waals surface area contributed by atoms with E-state index in [4.69, 9.17) is 9.47 Å². The summed E-state index contributed by atoms with van der Waals surface area (Å²) in [6.45, 7) is 2.28. The predicted molar refractivity (Wildman–Crippen MR) is 123 cm³/mol. The number of piperidine rings is 1. The van der Waals surface area contributed by atoms with Crippen LogP contribution >= 0.6 is 0 Å². The molecule has 0 N–H and O–H groups in total. The number of ether oxygens (including phenoxy) is 2. The third-order valence-electron chi connectivity index (χ3n) is 10.8. The number of carbonyl (C=O) groups is 2.